The van der Waals surface area contributed by atoms with Gasteiger partial charge in [0.05, 0.1) is 5.56 Å². The SMILES string of the molecule is CNC(=O)c1cc(C(=O)Nc2ccn(C)n2)c(C)cc1O[C@H](CN1CCN[C@H](C)C1)c1ccc(C)c(F)c1. The number of rotatable bonds is 8. The van der Waals surface area contributed by atoms with Crippen molar-refractivity contribution in [1.82, 2.24) is 25.3 Å². The summed E-state index contributed by atoms with van der Waals surface area (Å²) in [5.74, 6) is -0.355. The van der Waals surface area contributed by atoms with E-state index in [9.17, 15) is 14.0 Å². The Kier molecular flexibility index (Phi) is 8.43. The molecule has 4 rings (SSSR count). The number of anilines is 1. The molecule has 1 aliphatic heterocycles. The molecule has 38 heavy (non-hydrogen) atoms. The first-order chi connectivity index (χ1) is 18.1. The number of halogens is 1. The monoisotopic (exact) mass is 522 g/mol. The molecule has 10 heteroatoms. The smallest absolute Gasteiger partial charge is 0.257 e. The average Bonchev–Trinajstić information content (AvgIpc) is 3.29. The van der Waals surface area contributed by atoms with Crippen molar-refractivity contribution in [1.29, 1.82) is 0 Å². The van der Waals surface area contributed by atoms with Crippen LogP contribution in [0.2, 0.25) is 0 Å². The van der Waals surface area contributed by atoms with E-state index in [1.807, 2.05) is 6.07 Å². The Morgan fingerprint density at radius 1 is 1.16 bits per heavy atom. The van der Waals surface area contributed by atoms with Gasteiger partial charge in [-0.15, -0.1) is 0 Å². The molecule has 0 unspecified atom stereocenters. The zero-order valence-electron chi connectivity index (χ0n) is 22.5. The number of carbonyl (C=O) groups is 2. The normalized spacial score (nSPS) is 16.6. The third-order valence-corrected chi connectivity index (χ3v) is 6.71. The first-order valence-corrected chi connectivity index (χ1v) is 12.7. The van der Waals surface area contributed by atoms with Gasteiger partial charge in [0.2, 0.25) is 0 Å². The summed E-state index contributed by atoms with van der Waals surface area (Å²) < 4.78 is 22.6. The lowest BCUT2D eigenvalue weighted by Gasteiger charge is -2.34. The van der Waals surface area contributed by atoms with Gasteiger partial charge in [0, 0.05) is 64.1 Å². The molecule has 0 spiro atoms. The van der Waals surface area contributed by atoms with E-state index >= 15 is 0 Å². The molecule has 0 saturated carbocycles. The molecule has 3 N–H and O–H groups in total. The number of amides is 2. The third-order valence-electron chi connectivity index (χ3n) is 6.71. The summed E-state index contributed by atoms with van der Waals surface area (Å²) in [6.45, 7) is 8.63. The first kappa shape index (κ1) is 27.3. The second-order valence-corrected chi connectivity index (χ2v) is 9.80. The zero-order valence-corrected chi connectivity index (χ0v) is 22.5. The highest BCUT2D eigenvalue weighted by molar-refractivity contribution is 6.07. The number of nitrogens with zero attached hydrogens (tertiary/aromatic N) is 3. The number of nitrogens with one attached hydrogen (secondary N) is 3. The van der Waals surface area contributed by atoms with Crippen molar-refractivity contribution in [2.24, 2.45) is 7.05 Å². The van der Waals surface area contributed by atoms with Crippen LogP contribution in [0.15, 0.2) is 42.6 Å². The highest BCUT2D eigenvalue weighted by Crippen LogP contribution is 2.31. The van der Waals surface area contributed by atoms with Crippen LogP contribution < -0.4 is 20.7 Å². The molecule has 1 saturated heterocycles. The van der Waals surface area contributed by atoms with Crippen LogP contribution in [0.1, 0.15) is 50.4 Å². The Hall–Kier alpha value is -3.76. The van der Waals surface area contributed by atoms with E-state index in [0.717, 1.165) is 19.6 Å². The molecule has 1 fully saturated rings. The fourth-order valence-electron chi connectivity index (χ4n) is 4.59. The van der Waals surface area contributed by atoms with E-state index in [1.54, 1.807) is 50.0 Å². The number of hydrogen-bond acceptors (Lipinski definition) is 6. The van der Waals surface area contributed by atoms with Crippen LogP contribution in [0.3, 0.4) is 0 Å². The van der Waals surface area contributed by atoms with Gasteiger partial charge in [-0.25, -0.2) is 4.39 Å². The van der Waals surface area contributed by atoms with Crippen molar-refractivity contribution in [2.75, 3.05) is 38.5 Å². The number of carbonyl (C=O) groups excluding carboxylic acids is 2. The quantitative estimate of drug-likeness (QED) is 0.420. The van der Waals surface area contributed by atoms with Crippen molar-refractivity contribution >= 4 is 17.6 Å². The molecule has 2 amide bonds. The molecule has 2 heterocycles. The van der Waals surface area contributed by atoms with Crippen LogP contribution in [-0.4, -0.2) is 65.8 Å². The van der Waals surface area contributed by atoms with Crippen molar-refractivity contribution in [3.05, 3.63) is 76.2 Å². The zero-order chi connectivity index (χ0) is 27.4. The maximum absolute atomic E-state index is 14.6. The minimum atomic E-state index is -0.536. The summed E-state index contributed by atoms with van der Waals surface area (Å²) in [6, 6.07) is 10.3. The van der Waals surface area contributed by atoms with Gasteiger partial charge < -0.3 is 20.7 Å². The molecule has 0 radical (unpaired) electrons. The van der Waals surface area contributed by atoms with Crippen LogP contribution in [-0.2, 0) is 7.05 Å². The Morgan fingerprint density at radius 2 is 1.95 bits per heavy atom. The van der Waals surface area contributed by atoms with E-state index in [2.05, 4.69) is 32.9 Å². The fraction of sp³-hybridized carbons (Fsp3) is 0.393. The van der Waals surface area contributed by atoms with Crippen LogP contribution in [0.5, 0.6) is 5.75 Å². The molecule has 2 aromatic carbocycles. The number of benzene rings is 2. The predicted octanol–water partition coefficient (Wildman–Crippen LogP) is 3.20. The van der Waals surface area contributed by atoms with Gasteiger partial charge in [0.15, 0.2) is 5.82 Å². The molecule has 9 nitrogen and oxygen atoms in total. The number of hydrogen-bond donors (Lipinski definition) is 3. The van der Waals surface area contributed by atoms with Crippen LogP contribution >= 0.6 is 0 Å². The molecule has 1 aliphatic rings. The third kappa shape index (κ3) is 6.38. The highest BCUT2D eigenvalue weighted by Gasteiger charge is 2.26. The number of aromatic nitrogens is 2. The van der Waals surface area contributed by atoms with Crippen molar-refractivity contribution < 1.29 is 18.7 Å². The van der Waals surface area contributed by atoms with E-state index in [-0.39, 0.29) is 17.3 Å². The summed E-state index contributed by atoms with van der Waals surface area (Å²) in [5.41, 5.74) is 2.40. The number of ether oxygens (including phenoxy) is 1. The maximum atomic E-state index is 14.6. The maximum Gasteiger partial charge on any atom is 0.257 e. The summed E-state index contributed by atoms with van der Waals surface area (Å²) in [7, 11) is 3.28. The number of aryl methyl sites for hydroxylation is 3. The summed E-state index contributed by atoms with van der Waals surface area (Å²) >= 11 is 0. The molecule has 1 aromatic heterocycles. The molecular formula is C28H35FN6O3. The van der Waals surface area contributed by atoms with E-state index in [0.29, 0.717) is 46.4 Å². The number of piperazine rings is 1. The molecule has 3 aromatic rings. The van der Waals surface area contributed by atoms with Gasteiger partial charge in [-0.1, -0.05) is 12.1 Å². The summed E-state index contributed by atoms with van der Waals surface area (Å²) in [5, 5.41) is 13.0. The van der Waals surface area contributed by atoms with Gasteiger partial charge in [-0.05, 0) is 55.7 Å². The van der Waals surface area contributed by atoms with Gasteiger partial charge in [-0.2, -0.15) is 5.10 Å². The van der Waals surface area contributed by atoms with Crippen LogP contribution in [0.4, 0.5) is 10.2 Å². The minimum Gasteiger partial charge on any atom is -0.484 e. The summed E-state index contributed by atoms with van der Waals surface area (Å²) in [6.07, 6.45) is 1.19. The van der Waals surface area contributed by atoms with Gasteiger partial charge in [0.25, 0.3) is 11.8 Å². The Bertz CT molecular complexity index is 1320. The Balaban J connectivity index is 1.68. The van der Waals surface area contributed by atoms with Crippen molar-refractivity contribution in [3.63, 3.8) is 0 Å². The Labute approximate surface area is 222 Å². The summed E-state index contributed by atoms with van der Waals surface area (Å²) in [4.78, 5) is 28.2. The second-order valence-electron chi connectivity index (χ2n) is 9.80. The minimum absolute atomic E-state index is 0.218. The molecule has 0 bridgehead atoms. The van der Waals surface area contributed by atoms with Crippen LogP contribution in [0.25, 0.3) is 0 Å². The lowest BCUT2D eigenvalue weighted by Crippen LogP contribution is -2.50. The largest absolute Gasteiger partial charge is 0.484 e. The molecule has 0 aliphatic carbocycles. The van der Waals surface area contributed by atoms with E-state index < -0.39 is 12.0 Å². The topological polar surface area (TPSA) is 101 Å². The first-order valence-electron chi connectivity index (χ1n) is 12.7. The standard InChI is InChI=1S/C28H35FN6O3/c1-17-6-7-20(13-23(17)29)25(16-35-11-9-31-19(3)15-35)38-24-12-18(2)21(14-22(24)27(36)30-4)28(37)32-26-8-10-34(5)33-26/h6-8,10,12-14,19,25,31H,9,11,15-16H2,1-5H3,(H,30,36)(H,32,33,37)/t19-,25-/m1/s1. The van der Waals surface area contributed by atoms with E-state index in [1.165, 1.54) is 19.2 Å². The molecule has 202 valence electrons. The predicted molar refractivity (Wildman–Crippen MR) is 144 cm³/mol. The van der Waals surface area contributed by atoms with Crippen molar-refractivity contribution in [3.8, 4) is 5.75 Å². The molecule has 2 atom stereocenters. The fourth-order valence-corrected chi connectivity index (χ4v) is 4.59. The lowest BCUT2D eigenvalue weighted by molar-refractivity contribution is 0.0938. The van der Waals surface area contributed by atoms with E-state index in [4.69, 9.17) is 4.74 Å². The molecular weight excluding hydrogens is 487 g/mol. The van der Waals surface area contributed by atoms with Gasteiger partial charge in [-0.3, -0.25) is 19.2 Å². The second kappa shape index (κ2) is 11.7. The van der Waals surface area contributed by atoms with Gasteiger partial charge >= 0.3 is 0 Å². The van der Waals surface area contributed by atoms with Crippen molar-refractivity contribution in [2.45, 2.75) is 32.9 Å². The average molecular weight is 523 g/mol. The van der Waals surface area contributed by atoms with Crippen LogP contribution in [0, 0.1) is 19.7 Å². The lowest BCUT2D eigenvalue weighted by atomic mass is 10.0. The van der Waals surface area contributed by atoms with Gasteiger partial charge in [0.1, 0.15) is 17.7 Å². The highest BCUT2D eigenvalue weighted by atomic mass is 19.1. The Morgan fingerprint density at radius 3 is 2.61 bits per heavy atom.